The van der Waals surface area contributed by atoms with E-state index in [4.69, 9.17) is 5.73 Å². The van der Waals surface area contributed by atoms with Crippen molar-refractivity contribution in [2.24, 2.45) is 0 Å². The highest BCUT2D eigenvalue weighted by atomic mass is 19.3. The van der Waals surface area contributed by atoms with Crippen LogP contribution in [0.4, 0.5) is 29.5 Å². The van der Waals surface area contributed by atoms with Crippen molar-refractivity contribution in [2.45, 2.75) is 37.8 Å². The lowest BCUT2D eigenvalue weighted by Crippen LogP contribution is -2.31. The van der Waals surface area contributed by atoms with Gasteiger partial charge in [-0.2, -0.15) is 15.0 Å². The van der Waals surface area contributed by atoms with Gasteiger partial charge in [0, 0.05) is 5.57 Å². The lowest BCUT2D eigenvalue weighted by Gasteiger charge is -2.19. The number of anilines is 2. The number of rotatable bonds is 5. The number of halogens is 4. The van der Waals surface area contributed by atoms with Crippen molar-refractivity contribution in [3.8, 4) is 0 Å². The number of allylic oxidation sites excluding steroid dienone is 1. The summed E-state index contributed by atoms with van der Waals surface area (Å²) in [5, 5.41) is 11.6. The van der Waals surface area contributed by atoms with Crippen molar-refractivity contribution in [3.05, 3.63) is 11.7 Å². The van der Waals surface area contributed by atoms with E-state index in [1.54, 1.807) is 0 Å². The molecule has 10 heteroatoms. The van der Waals surface area contributed by atoms with Gasteiger partial charge in [0.25, 0.3) is 6.43 Å². The number of nitrogens with two attached hydrogens (primary N) is 1. The Bertz CT molecular complexity index is 568. The summed E-state index contributed by atoms with van der Waals surface area (Å²) in [4.78, 5) is 11.1. The number of alkyl halides is 3. The number of nitrogens with zero attached hydrogens (tertiary/aromatic N) is 3. The molecule has 2 atom stereocenters. The molecular formula is C12H15F4N5O. The van der Waals surface area contributed by atoms with Gasteiger partial charge in [0.15, 0.2) is 5.82 Å². The molecule has 1 aromatic heterocycles. The van der Waals surface area contributed by atoms with Crippen LogP contribution in [0, 0.1) is 0 Å². The summed E-state index contributed by atoms with van der Waals surface area (Å²) < 4.78 is 51.5. The highest BCUT2D eigenvalue weighted by molar-refractivity contribution is 5.65. The molecule has 0 amide bonds. The third-order valence-corrected chi connectivity index (χ3v) is 3.19. The van der Waals surface area contributed by atoms with E-state index < -0.39 is 31.1 Å². The van der Waals surface area contributed by atoms with E-state index in [0.717, 1.165) is 0 Å². The number of nitrogen functional groups attached to an aromatic ring is 1. The average molecular weight is 321 g/mol. The molecule has 1 aliphatic rings. The Morgan fingerprint density at radius 1 is 1.32 bits per heavy atom. The number of hydrogen-bond donors (Lipinski definition) is 3. The zero-order chi connectivity index (χ0) is 16.3. The predicted octanol–water partition coefficient (Wildman–Crippen LogP) is 1.69. The first-order valence-electron chi connectivity index (χ1n) is 6.61. The van der Waals surface area contributed by atoms with E-state index in [2.05, 4.69) is 20.3 Å². The van der Waals surface area contributed by atoms with Gasteiger partial charge in [-0.05, 0) is 19.3 Å². The van der Waals surface area contributed by atoms with Crippen molar-refractivity contribution < 1.29 is 22.7 Å². The molecule has 0 radical (unpaired) electrons. The molecular weight excluding hydrogens is 306 g/mol. The number of aliphatic hydroxyl groups is 1. The van der Waals surface area contributed by atoms with Crippen LogP contribution in [0.15, 0.2) is 5.83 Å². The summed E-state index contributed by atoms with van der Waals surface area (Å²) in [6.07, 6.45) is -3.16. The predicted molar refractivity (Wildman–Crippen MR) is 71.5 cm³/mol. The van der Waals surface area contributed by atoms with Gasteiger partial charge in [-0.25, -0.2) is 17.6 Å². The molecule has 0 fully saturated rings. The summed E-state index contributed by atoms with van der Waals surface area (Å²) in [5.74, 6) is -1.62. The molecule has 0 spiro atoms. The first kappa shape index (κ1) is 16.4. The molecule has 4 N–H and O–H groups in total. The molecule has 1 aliphatic carbocycles. The van der Waals surface area contributed by atoms with E-state index in [9.17, 15) is 22.7 Å². The maximum atomic E-state index is 13.9. The summed E-state index contributed by atoms with van der Waals surface area (Å²) >= 11 is 0. The van der Waals surface area contributed by atoms with Crippen LogP contribution in [0.3, 0.4) is 0 Å². The third-order valence-electron chi connectivity index (χ3n) is 3.19. The van der Waals surface area contributed by atoms with Crippen molar-refractivity contribution in [1.82, 2.24) is 15.0 Å². The Balaban J connectivity index is 2.33. The Morgan fingerprint density at radius 3 is 2.68 bits per heavy atom. The first-order valence-corrected chi connectivity index (χ1v) is 6.61. The minimum Gasteiger partial charge on any atom is -0.386 e. The lowest BCUT2D eigenvalue weighted by atomic mass is 9.96. The lowest BCUT2D eigenvalue weighted by molar-refractivity contribution is 0.112. The van der Waals surface area contributed by atoms with Crippen molar-refractivity contribution in [2.75, 3.05) is 17.7 Å². The zero-order valence-corrected chi connectivity index (χ0v) is 11.4. The third kappa shape index (κ3) is 3.62. The second-order valence-electron chi connectivity index (χ2n) is 4.81. The molecule has 22 heavy (non-hydrogen) atoms. The van der Waals surface area contributed by atoms with Crippen LogP contribution in [0.1, 0.15) is 25.1 Å². The normalized spacial score (nSPS) is 20.4. The van der Waals surface area contributed by atoms with E-state index in [1.165, 1.54) is 0 Å². The fourth-order valence-electron chi connectivity index (χ4n) is 2.06. The summed E-state index contributed by atoms with van der Waals surface area (Å²) in [5.41, 5.74) is 5.49. The number of aromatic nitrogens is 3. The van der Waals surface area contributed by atoms with Gasteiger partial charge in [0.1, 0.15) is 24.6 Å². The van der Waals surface area contributed by atoms with Crippen LogP contribution in [0.2, 0.25) is 0 Å². The monoisotopic (exact) mass is 321 g/mol. The van der Waals surface area contributed by atoms with E-state index in [1.807, 2.05) is 0 Å². The maximum absolute atomic E-state index is 13.9. The number of aliphatic hydroxyl groups excluding tert-OH is 1. The fraction of sp³-hybridized carbons (Fsp3) is 0.583. The van der Waals surface area contributed by atoms with Gasteiger partial charge < -0.3 is 16.2 Å². The molecule has 0 aromatic carbocycles. The molecule has 1 heterocycles. The number of hydrogen-bond acceptors (Lipinski definition) is 6. The molecule has 2 unspecified atom stereocenters. The molecule has 1 aromatic rings. The second-order valence-corrected chi connectivity index (χ2v) is 4.81. The first-order chi connectivity index (χ1) is 10.4. The van der Waals surface area contributed by atoms with Crippen molar-refractivity contribution in [3.63, 3.8) is 0 Å². The highest BCUT2D eigenvalue weighted by Crippen LogP contribution is 2.32. The SMILES string of the molecule is Nc1nc(NC(CF)C(F)F)nc(C2=C(F)C(O)CCC2)n1. The van der Waals surface area contributed by atoms with Gasteiger partial charge >= 0.3 is 0 Å². The molecule has 6 nitrogen and oxygen atoms in total. The van der Waals surface area contributed by atoms with E-state index in [0.29, 0.717) is 6.42 Å². The highest BCUT2D eigenvalue weighted by Gasteiger charge is 2.26. The minimum absolute atomic E-state index is 0.0461. The summed E-state index contributed by atoms with van der Waals surface area (Å²) in [7, 11) is 0. The molecule has 0 aliphatic heterocycles. The Morgan fingerprint density at radius 2 is 2.05 bits per heavy atom. The van der Waals surface area contributed by atoms with Crippen LogP contribution in [0.5, 0.6) is 0 Å². The van der Waals surface area contributed by atoms with Gasteiger partial charge in [-0.15, -0.1) is 0 Å². The average Bonchev–Trinajstić information content (AvgIpc) is 2.46. The van der Waals surface area contributed by atoms with Crippen molar-refractivity contribution in [1.29, 1.82) is 0 Å². The molecule has 122 valence electrons. The van der Waals surface area contributed by atoms with Gasteiger partial charge in [-0.1, -0.05) is 0 Å². The van der Waals surface area contributed by atoms with Crippen LogP contribution in [-0.2, 0) is 0 Å². The largest absolute Gasteiger partial charge is 0.386 e. The molecule has 2 rings (SSSR count). The molecule has 0 saturated carbocycles. The molecule has 0 bridgehead atoms. The van der Waals surface area contributed by atoms with E-state index >= 15 is 0 Å². The molecule has 0 saturated heterocycles. The van der Waals surface area contributed by atoms with Crippen LogP contribution < -0.4 is 11.1 Å². The number of nitrogens with one attached hydrogen (secondary N) is 1. The fourth-order valence-corrected chi connectivity index (χ4v) is 2.06. The summed E-state index contributed by atoms with van der Waals surface area (Å²) in [6.45, 7) is -1.34. The quantitative estimate of drug-likeness (QED) is 0.714. The minimum atomic E-state index is -2.97. The smallest absolute Gasteiger partial charge is 0.261 e. The Hall–Kier alpha value is -1.97. The summed E-state index contributed by atoms with van der Waals surface area (Å²) in [6, 6.07) is -1.80. The van der Waals surface area contributed by atoms with Crippen molar-refractivity contribution >= 4 is 17.5 Å². The standard InChI is InChI=1S/C12H15F4N5O/c13-4-6(9(15)16)18-12-20-10(19-11(17)21-12)5-2-1-3-7(22)8(5)14/h6-7,9,22H,1-4H2,(H3,17,18,19,20,21). The topological polar surface area (TPSA) is 97.0 Å². The zero-order valence-electron chi connectivity index (χ0n) is 11.4. The Labute approximate surface area is 123 Å². The van der Waals surface area contributed by atoms with Gasteiger partial charge in [0.2, 0.25) is 11.9 Å². The van der Waals surface area contributed by atoms with Crippen LogP contribution >= 0.6 is 0 Å². The Kier molecular flexibility index (Phi) is 5.11. The van der Waals surface area contributed by atoms with Gasteiger partial charge in [-0.3, -0.25) is 0 Å². The second kappa shape index (κ2) is 6.86. The van der Waals surface area contributed by atoms with Gasteiger partial charge in [0.05, 0.1) is 0 Å². The van der Waals surface area contributed by atoms with Crippen LogP contribution in [0.25, 0.3) is 5.57 Å². The maximum Gasteiger partial charge on any atom is 0.261 e. The van der Waals surface area contributed by atoms with Crippen LogP contribution in [-0.4, -0.2) is 45.3 Å². The van der Waals surface area contributed by atoms with E-state index in [-0.39, 0.29) is 36.1 Å².